The first-order valence-corrected chi connectivity index (χ1v) is 8.93. The van der Waals surface area contributed by atoms with Gasteiger partial charge in [-0.3, -0.25) is 4.79 Å². The van der Waals surface area contributed by atoms with Crippen molar-refractivity contribution in [2.75, 3.05) is 17.2 Å². The fraction of sp³-hybridized carbons (Fsp3) is 0.118. The van der Waals surface area contributed by atoms with Gasteiger partial charge in [-0.05, 0) is 23.6 Å². The summed E-state index contributed by atoms with van der Waals surface area (Å²) >= 11 is 3.02. The second kappa shape index (κ2) is 7.39. The number of carbonyl (C=O) groups excluding carboxylic acids is 1. The normalized spacial score (nSPS) is 10.6. The summed E-state index contributed by atoms with van der Waals surface area (Å²) < 4.78 is 0. The lowest BCUT2D eigenvalue weighted by Gasteiger charge is -2.21. The molecule has 0 radical (unpaired) electrons. The second-order valence-electron chi connectivity index (χ2n) is 4.74. The first kappa shape index (κ1) is 15.7. The van der Waals surface area contributed by atoms with Gasteiger partial charge in [0.2, 0.25) is 5.91 Å². The molecule has 2 heterocycles. The van der Waals surface area contributed by atoms with Crippen molar-refractivity contribution in [2.45, 2.75) is 5.03 Å². The molecule has 0 aliphatic carbocycles. The van der Waals surface area contributed by atoms with E-state index in [2.05, 4.69) is 16.5 Å². The van der Waals surface area contributed by atoms with Crippen molar-refractivity contribution in [1.29, 1.82) is 0 Å². The lowest BCUT2D eigenvalue weighted by molar-refractivity contribution is -0.116. The Hall–Kier alpha value is -2.18. The number of hydrogen-bond donors (Lipinski definition) is 0. The second-order valence-corrected chi connectivity index (χ2v) is 6.59. The fourth-order valence-corrected chi connectivity index (χ4v) is 3.83. The van der Waals surface area contributed by atoms with E-state index in [4.69, 9.17) is 0 Å². The van der Waals surface area contributed by atoms with Gasteiger partial charge in [0, 0.05) is 17.6 Å². The maximum atomic E-state index is 12.6. The van der Waals surface area contributed by atoms with Crippen LogP contribution in [-0.4, -0.2) is 28.2 Å². The molecule has 0 bridgehead atoms. The van der Waals surface area contributed by atoms with E-state index in [-0.39, 0.29) is 5.91 Å². The van der Waals surface area contributed by atoms with E-state index in [1.807, 2.05) is 41.8 Å². The molecule has 0 unspecified atom stereocenters. The number of para-hydroxylation sites is 1. The number of rotatable bonds is 6. The predicted octanol–water partition coefficient (Wildman–Crippen LogP) is 4.00. The average molecular weight is 341 g/mol. The van der Waals surface area contributed by atoms with Gasteiger partial charge < -0.3 is 4.90 Å². The number of benzene rings is 1. The highest BCUT2D eigenvalue weighted by Gasteiger charge is 2.15. The molecule has 1 amide bonds. The van der Waals surface area contributed by atoms with E-state index in [9.17, 15) is 4.79 Å². The summed E-state index contributed by atoms with van der Waals surface area (Å²) in [5.74, 6) is 0.355. The highest BCUT2D eigenvalue weighted by Crippen LogP contribution is 2.28. The van der Waals surface area contributed by atoms with Crippen molar-refractivity contribution >= 4 is 44.9 Å². The van der Waals surface area contributed by atoms with Crippen LogP contribution >= 0.6 is 23.1 Å². The maximum Gasteiger partial charge on any atom is 0.237 e. The minimum Gasteiger partial charge on any atom is -0.308 e. The van der Waals surface area contributed by atoms with Crippen LogP contribution in [0.2, 0.25) is 0 Å². The van der Waals surface area contributed by atoms with E-state index in [0.29, 0.717) is 12.3 Å². The summed E-state index contributed by atoms with van der Waals surface area (Å²) in [7, 11) is 0. The molecule has 6 heteroatoms. The number of fused-ring (bicyclic) bond motifs is 1. The summed E-state index contributed by atoms with van der Waals surface area (Å²) in [6.45, 7) is 4.23. The van der Waals surface area contributed by atoms with Crippen LogP contribution in [0.25, 0.3) is 10.2 Å². The Kier molecular flexibility index (Phi) is 5.05. The zero-order valence-corrected chi connectivity index (χ0v) is 14.0. The topological polar surface area (TPSA) is 46.1 Å². The lowest BCUT2D eigenvalue weighted by Crippen LogP contribution is -2.32. The summed E-state index contributed by atoms with van der Waals surface area (Å²) in [6, 6.07) is 11.6. The van der Waals surface area contributed by atoms with Gasteiger partial charge >= 0.3 is 0 Å². The van der Waals surface area contributed by atoms with E-state index in [0.717, 1.165) is 20.9 Å². The quantitative estimate of drug-likeness (QED) is 0.386. The van der Waals surface area contributed by atoms with Gasteiger partial charge in [0.05, 0.1) is 5.75 Å². The van der Waals surface area contributed by atoms with Crippen molar-refractivity contribution in [3.05, 3.63) is 60.8 Å². The molecule has 0 aliphatic heterocycles. The molecule has 0 atom stereocenters. The van der Waals surface area contributed by atoms with Gasteiger partial charge in [0.1, 0.15) is 16.2 Å². The third-order valence-corrected chi connectivity index (χ3v) is 5.05. The van der Waals surface area contributed by atoms with Gasteiger partial charge in [-0.1, -0.05) is 36.0 Å². The zero-order valence-electron chi connectivity index (χ0n) is 12.4. The average Bonchev–Trinajstić information content (AvgIpc) is 3.07. The number of amides is 1. The molecule has 0 spiro atoms. The molecule has 116 valence electrons. The number of aromatic nitrogens is 2. The van der Waals surface area contributed by atoms with Crippen LogP contribution in [0.3, 0.4) is 0 Å². The highest BCUT2D eigenvalue weighted by atomic mass is 32.2. The predicted molar refractivity (Wildman–Crippen MR) is 97.1 cm³/mol. The first-order chi connectivity index (χ1) is 11.3. The Morgan fingerprint density at radius 1 is 1.26 bits per heavy atom. The molecule has 3 aromatic rings. The minimum atomic E-state index is 0.0306. The standard InChI is InChI=1S/C17H15N3OS2/c1-2-9-20(13-6-4-3-5-7-13)15(21)11-23-17-14-8-10-22-16(14)18-12-19-17/h2-8,10,12H,1,9,11H2. The lowest BCUT2D eigenvalue weighted by atomic mass is 10.3. The Morgan fingerprint density at radius 3 is 2.87 bits per heavy atom. The summed E-state index contributed by atoms with van der Waals surface area (Å²) in [5, 5.41) is 3.83. The number of hydrogen-bond acceptors (Lipinski definition) is 5. The van der Waals surface area contributed by atoms with Crippen molar-refractivity contribution in [3.8, 4) is 0 Å². The van der Waals surface area contributed by atoms with Crippen LogP contribution in [0, 0.1) is 0 Å². The SMILES string of the molecule is C=CCN(C(=O)CSc1ncnc2sccc12)c1ccccc1. The molecule has 0 aliphatic rings. The van der Waals surface area contributed by atoms with Crippen LogP contribution in [0.5, 0.6) is 0 Å². The highest BCUT2D eigenvalue weighted by molar-refractivity contribution is 8.00. The number of thiophene rings is 1. The Labute approximate surface area is 142 Å². The summed E-state index contributed by atoms with van der Waals surface area (Å²) in [4.78, 5) is 23.8. The van der Waals surface area contributed by atoms with Crippen LogP contribution in [0.4, 0.5) is 5.69 Å². The van der Waals surface area contributed by atoms with E-state index in [1.165, 1.54) is 11.8 Å². The molecule has 0 fully saturated rings. The first-order valence-electron chi connectivity index (χ1n) is 7.07. The van der Waals surface area contributed by atoms with Crippen LogP contribution in [0.15, 0.2) is 65.8 Å². The molecule has 23 heavy (non-hydrogen) atoms. The van der Waals surface area contributed by atoms with Crippen LogP contribution in [0.1, 0.15) is 0 Å². The van der Waals surface area contributed by atoms with Crippen LogP contribution in [-0.2, 0) is 4.79 Å². The third-order valence-electron chi connectivity index (χ3n) is 3.24. The Balaban J connectivity index is 1.74. The summed E-state index contributed by atoms with van der Waals surface area (Å²) in [5.41, 5.74) is 0.876. The largest absolute Gasteiger partial charge is 0.308 e. The summed E-state index contributed by atoms with van der Waals surface area (Å²) in [6.07, 6.45) is 3.28. The zero-order chi connectivity index (χ0) is 16.1. The molecule has 1 aromatic carbocycles. The van der Waals surface area contributed by atoms with E-state index >= 15 is 0 Å². The molecule has 0 saturated carbocycles. The molecule has 4 nitrogen and oxygen atoms in total. The van der Waals surface area contributed by atoms with Crippen molar-refractivity contribution in [3.63, 3.8) is 0 Å². The Morgan fingerprint density at radius 2 is 2.09 bits per heavy atom. The molecular formula is C17H15N3OS2. The molecule has 0 saturated heterocycles. The Bertz CT molecular complexity index is 817. The van der Waals surface area contributed by atoms with Gasteiger partial charge in [-0.25, -0.2) is 9.97 Å². The van der Waals surface area contributed by atoms with Crippen molar-refractivity contribution < 1.29 is 4.79 Å². The van der Waals surface area contributed by atoms with E-state index < -0.39 is 0 Å². The monoisotopic (exact) mass is 341 g/mol. The molecule has 2 aromatic heterocycles. The third kappa shape index (κ3) is 3.60. The van der Waals surface area contributed by atoms with Gasteiger partial charge in [-0.15, -0.1) is 17.9 Å². The maximum absolute atomic E-state index is 12.6. The molecule has 3 rings (SSSR count). The smallest absolute Gasteiger partial charge is 0.237 e. The van der Waals surface area contributed by atoms with Crippen LogP contribution < -0.4 is 4.90 Å². The fourth-order valence-electron chi connectivity index (χ4n) is 2.18. The molecular weight excluding hydrogens is 326 g/mol. The van der Waals surface area contributed by atoms with Gasteiger partial charge in [0.15, 0.2) is 0 Å². The van der Waals surface area contributed by atoms with Gasteiger partial charge in [0.25, 0.3) is 0 Å². The number of thioether (sulfide) groups is 1. The van der Waals surface area contributed by atoms with Crippen molar-refractivity contribution in [1.82, 2.24) is 9.97 Å². The number of carbonyl (C=O) groups is 1. The molecule has 0 N–H and O–H groups in total. The number of nitrogens with zero attached hydrogens (tertiary/aromatic N) is 3. The van der Waals surface area contributed by atoms with Gasteiger partial charge in [-0.2, -0.15) is 0 Å². The minimum absolute atomic E-state index is 0.0306. The van der Waals surface area contributed by atoms with E-state index in [1.54, 1.807) is 28.6 Å². The van der Waals surface area contributed by atoms with Crippen molar-refractivity contribution in [2.24, 2.45) is 0 Å². The number of anilines is 1.